The zero-order valence-electron chi connectivity index (χ0n) is 12.7. The van der Waals surface area contributed by atoms with Crippen LogP contribution in [0, 0.1) is 5.82 Å². The van der Waals surface area contributed by atoms with E-state index in [1.165, 1.54) is 12.5 Å². The Morgan fingerprint density at radius 1 is 1.48 bits per heavy atom. The van der Waals surface area contributed by atoms with Crippen LogP contribution in [0.5, 0.6) is 0 Å². The summed E-state index contributed by atoms with van der Waals surface area (Å²) in [5.41, 5.74) is 0.736. The van der Waals surface area contributed by atoms with Crippen molar-refractivity contribution in [3.05, 3.63) is 34.6 Å². The lowest BCUT2D eigenvalue weighted by atomic mass is 9.99. The van der Waals surface area contributed by atoms with Crippen molar-refractivity contribution in [1.82, 2.24) is 5.32 Å². The van der Waals surface area contributed by atoms with Crippen LogP contribution in [-0.4, -0.2) is 25.3 Å². The van der Waals surface area contributed by atoms with E-state index in [0.717, 1.165) is 44.4 Å². The Kier molecular flexibility index (Phi) is 6.94. The first-order chi connectivity index (χ1) is 10.2. The Morgan fingerprint density at radius 3 is 3.00 bits per heavy atom. The van der Waals surface area contributed by atoms with Gasteiger partial charge in [0.15, 0.2) is 0 Å². The highest BCUT2D eigenvalue weighted by molar-refractivity contribution is 6.30. The molecule has 1 aliphatic heterocycles. The highest BCUT2D eigenvalue weighted by atomic mass is 35.5. The Morgan fingerprint density at radius 2 is 2.33 bits per heavy atom. The second-order valence-corrected chi connectivity index (χ2v) is 6.24. The van der Waals surface area contributed by atoms with Crippen LogP contribution < -0.4 is 5.32 Å². The molecule has 0 bridgehead atoms. The smallest absolute Gasteiger partial charge is 0.127 e. The van der Waals surface area contributed by atoms with E-state index in [1.807, 2.05) is 0 Å². The van der Waals surface area contributed by atoms with Crippen LogP contribution >= 0.6 is 11.6 Å². The standard InChI is InChI=1S/C17H25ClFNO/c1-2-9-20-15(7-8-16-4-3-10-21-16)11-13-5-6-14(18)12-17(13)19/h5-6,12,15-16,20H,2-4,7-11H2,1H3. The lowest BCUT2D eigenvalue weighted by Gasteiger charge is -2.20. The van der Waals surface area contributed by atoms with Gasteiger partial charge in [-0.2, -0.15) is 0 Å². The van der Waals surface area contributed by atoms with Crippen LogP contribution in [0.15, 0.2) is 18.2 Å². The molecule has 1 aromatic rings. The highest BCUT2D eigenvalue weighted by Gasteiger charge is 2.18. The predicted molar refractivity (Wildman–Crippen MR) is 85.4 cm³/mol. The average Bonchev–Trinajstić information content (AvgIpc) is 2.97. The van der Waals surface area contributed by atoms with Gasteiger partial charge in [-0.05, 0) is 62.8 Å². The molecular weight excluding hydrogens is 289 g/mol. The topological polar surface area (TPSA) is 21.3 Å². The van der Waals surface area contributed by atoms with E-state index in [2.05, 4.69) is 12.2 Å². The third kappa shape index (κ3) is 5.57. The van der Waals surface area contributed by atoms with Gasteiger partial charge in [-0.1, -0.05) is 24.6 Å². The van der Waals surface area contributed by atoms with E-state index < -0.39 is 0 Å². The van der Waals surface area contributed by atoms with Gasteiger partial charge in [0.1, 0.15) is 5.82 Å². The first kappa shape index (κ1) is 16.7. The monoisotopic (exact) mass is 313 g/mol. The van der Waals surface area contributed by atoms with Crippen molar-refractivity contribution in [2.75, 3.05) is 13.2 Å². The lowest BCUT2D eigenvalue weighted by molar-refractivity contribution is 0.0995. The first-order valence-corrected chi connectivity index (χ1v) is 8.35. The molecule has 4 heteroatoms. The van der Waals surface area contributed by atoms with Crippen LogP contribution in [0.1, 0.15) is 44.6 Å². The summed E-state index contributed by atoms with van der Waals surface area (Å²) in [5.74, 6) is -0.206. The quantitative estimate of drug-likeness (QED) is 0.770. The van der Waals surface area contributed by atoms with Gasteiger partial charge in [0.25, 0.3) is 0 Å². The molecule has 0 aromatic heterocycles. The molecule has 118 valence electrons. The number of halogens is 2. The molecule has 2 atom stereocenters. The van der Waals surface area contributed by atoms with E-state index in [-0.39, 0.29) is 5.82 Å². The van der Waals surface area contributed by atoms with Crippen molar-refractivity contribution < 1.29 is 9.13 Å². The number of rotatable bonds is 8. The third-order valence-electron chi connectivity index (χ3n) is 4.03. The van der Waals surface area contributed by atoms with Crippen LogP contribution in [0.2, 0.25) is 5.02 Å². The van der Waals surface area contributed by atoms with Crippen molar-refractivity contribution >= 4 is 11.6 Å². The van der Waals surface area contributed by atoms with E-state index >= 15 is 0 Å². The van der Waals surface area contributed by atoms with E-state index in [4.69, 9.17) is 16.3 Å². The maximum atomic E-state index is 13.9. The van der Waals surface area contributed by atoms with Crippen LogP contribution in [-0.2, 0) is 11.2 Å². The van der Waals surface area contributed by atoms with E-state index in [1.54, 1.807) is 12.1 Å². The first-order valence-electron chi connectivity index (χ1n) is 7.98. The van der Waals surface area contributed by atoms with Crippen molar-refractivity contribution in [3.63, 3.8) is 0 Å². The van der Waals surface area contributed by atoms with E-state index in [9.17, 15) is 4.39 Å². The summed E-state index contributed by atoms with van der Waals surface area (Å²) in [5, 5.41) is 3.98. The van der Waals surface area contributed by atoms with Gasteiger partial charge in [0.2, 0.25) is 0 Å². The summed E-state index contributed by atoms with van der Waals surface area (Å²) in [7, 11) is 0. The van der Waals surface area contributed by atoms with Gasteiger partial charge in [0.05, 0.1) is 6.10 Å². The minimum Gasteiger partial charge on any atom is -0.378 e. The van der Waals surface area contributed by atoms with Crippen molar-refractivity contribution in [1.29, 1.82) is 0 Å². The Bertz CT molecular complexity index is 435. The second kappa shape index (κ2) is 8.72. The fraction of sp³-hybridized carbons (Fsp3) is 0.647. The van der Waals surface area contributed by atoms with Crippen molar-refractivity contribution in [2.45, 2.75) is 57.6 Å². The minimum atomic E-state index is -0.206. The number of hydrogen-bond donors (Lipinski definition) is 1. The molecule has 1 N–H and O–H groups in total. The van der Waals surface area contributed by atoms with Gasteiger partial charge in [-0.3, -0.25) is 0 Å². The average molecular weight is 314 g/mol. The normalized spacial score (nSPS) is 19.9. The number of benzene rings is 1. The summed E-state index contributed by atoms with van der Waals surface area (Å²) in [6.45, 7) is 4.00. The maximum Gasteiger partial charge on any atom is 0.127 e. The molecule has 2 unspecified atom stereocenters. The van der Waals surface area contributed by atoms with Crippen molar-refractivity contribution in [3.8, 4) is 0 Å². The van der Waals surface area contributed by atoms with Crippen LogP contribution in [0.4, 0.5) is 4.39 Å². The summed E-state index contributed by atoms with van der Waals surface area (Å²) < 4.78 is 19.6. The fourth-order valence-electron chi connectivity index (χ4n) is 2.84. The van der Waals surface area contributed by atoms with Crippen LogP contribution in [0.3, 0.4) is 0 Å². The molecule has 0 spiro atoms. The minimum absolute atomic E-state index is 0.206. The highest BCUT2D eigenvalue weighted by Crippen LogP contribution is 2.21. The summed E-state index contributed by atoms with van der Waals surface area (Å²) >= 11 is 5.81. The Hall–Kier alpha value is -0.640. The molecular formula is C17H25ClFNO. The maximum absolute atomic E-state index is 13.9. The molecule has 0 radical (unpaired) electrons. The summed E-state index contributed by atoms with van der Waals surface area (Å²) in [6.07, 6.45) is 6.59. The second-order valence-electron chi connectivity index (χ2n) is 5.80. The van der Waals surface area contributed by atoms with Gasteiger partial charge in [-0.15, -0.1) is 0 Å². The number of ether oxygens (including phenoxy) is 1. The lowest BCUT2D eigenvalue weighted by Crippen LogP contribution is -2.33. The molecule has 0 aliphatic carbocycles. The molecule has 2 rings (SSSR count). The molecule has 1 aromatic carbocycles. The third-order valence-corrected chi connectivity index (χ3v) is 4.26. The fourth-order valence-corrected chi connectivity index (χ4v) is 3.00. The Labute approximate surface area is 132 Å². The largest absolute Gasteiger partial charge is 0.378 e. The molecule has 1 heterocycles. The zero-order valence-corrected chi connectivity index (χ0v) is 13.5. The molecule has 0 amide bonds. The van der Waals surface area contributed by atoms with Gasteiger partial charge < -0.3 is 10.1 Å². The molecule has 1 aliphatic rings. The predicted octanol–water partition coefficient (Wildman–Crippen LogP) is 4.35. The summed E-state index contributed by atoms with van der Waals surface area (Å²) in [6, 6.07) is 5.25. The molecule has 2 nitrogen and oxygen atoms in total. The molecule has 1 saturated heterocycles. The number of hydrogen-bond acceptors (Lipinski definition) is 2. The zero-order chi connectivity index (χ0) is 15.1. The molecule has 0 saturated carbocycles. The molecule has 21 heavy (non-hydrogen) atoms. The van der Waals surface area contributed by atoms with Crippen molar-refractivity contribution in [2.24, 2.45) is 0 Å². The van der Waals surface area contributed by atoms with Crippen LogP contribution in [0.25, 0.3) is 0 Å². The van der Waals surface area contributed by atoms with Gasteiger partial charge in [0, 0.05) is 17.7 Å². The van der Waals surface area contributed by atoms with Gasteiger partial charge >= 0.3 is 0 Å². The SMILES string of the molecule is CCCNC(CCC1CCCO1)Cc1ccc(Cl)cc1F. The summed E-state index contributed by atoms with van der Waals surface area (Å²) in [4.78, 5) is 0. The Balaban J connectivity index is 1.90. The molecule has 1 fully saturated rings. The number of nitrogens with one attached hydrogen (secondary N) is 1. The van der Waals surface area contributed by atoms with Gasteiger partial charge in [-0.25, -0.2) is 4.39 Å². The van der Waals surface area contributed by atoms with E-state index in [0.29, 0.717) is 23.6 Å².